The Morgan fingerprint density at radius 2 is 1.88 bits per heavy atom. The molecule has 8 nitrogen and oxygen atoms in total. The highest BCUT2D eigenvalue weighted by Gasteiger charge is 2.21. The number of thiophene rings is 1. The van der Waals surface area contributed by atoms with Gasteiger partial charge in [-0.2, -0.15) is 4.98 Å². The maximum atomic E-state index is 12.9. The minimum absolute atomic E-state index is 0.249. The number of rotatable bonds is 8. The molecule has 0 aliphatic carbocycles. The summed E-state index contributed by atoms with van der Waals surface area (Å²) in [5.74, 6) is 1.16. The highest BCUT2D eigenvalue weighted by Crippen LogP contribution is 2.35. The molecule has 0 aliphatic heterocycles. The van der Waals surface area contributed by atoms with Crippen LogP contribution < -0.4 is 14.8 Å². The van der Waals surface area contributed by atoms with Crippen LogP contribution in [0.5, 0.6) is 11.8 Å². The van der Waals surface area contributed by atoms with E-state index < -0.39 is 0 Å². The van der Waals surface area contributed by atoms with Gasteiger partial charge in [0.2, 0.25) is 11.8 Å². The number of hydrogen-bond donors (Lipinski definition) is 1. The van der Waals surface area contributed by atoms with E-state index >= 15 is 0 Å². The van der Waals surface area contributed by atoms with Crippen LogP contribution in [0.3, 0.4) is 0 Å². The van der Waals surface area contributed by atoms with E-state index in [1.807, 2.05) is 37.3 Å². The van der Waals surface area contributed by atoms with Gasteiger partial charge < -0.3 is 19.5 Å². The molecule has 1 aromatic carbocycles. The summed E-state index contributed by atoms with van der Waals surface area (Å²) < 4.78 is 16.2. The quantitative estimate of drug-likeness (QED) is 0.426. The molecule has 0 radical (unpaired) electrons. The van der Waals surface area contributed by atoms with Gasteiger partial charge >= 0.3 is 0 Å². The van der Waals surface area contributed by atoms with Crippen molar-refractivity contribution in [3.63, 3.8) is 0 Å². The Morgan fingerprint density at radius 3 is 2.56 bits per heavy atom. The fourth-order valence-corrected chi connectivity index (χ4v) is 4.25. The van der Waals surface area contributed by atoms with Crippen LogP contribution in [0.25, 0.3) is 10.2 Å². The lowest BCUT2D eigenvalue weighted by atomic mass is 10.2. The molecule has 32 heavy (non-hydrogen) atoms. The number of aromatic nitrogens is 3. The Balaban J connectivity index is 1.49. The number of carbonyl (C=O) groups is 1. The molecule has 3 aromatic heterocycles. The second-order valence-corrected chi connectivity index (χ2v) is 7.93. The summed E-state index contributed by atoms with van der Waals surface area (Å²) in [6, 6.07) is 13.3. The third-order valence-electron chi connectivity index (χ3n) is 4.70. The second kappa shape index (κ2) is 9.71. The molecule has 164 valence electrons. The monoisotopic (exact) mass is 450 g/mol. The summed E-state index contributed by atoms with van der Waals surface area (Å²) in [5.41, 5.74) is 2.38. The smallest absolute Gasteiger partial charge is 0.266 e. The minimum Gasteiger partial charge on any atom is -0.480 e. The lowest BCUT2D eigenvalue weighted by Crippen LogP contribution is -2.11. The molecule has 4 aromatic rings. The summed E-state index contributed by atoms with van der Waals surface area (Å²) in [5, 5.41) is 3.61. The molecular weight excluding hydrogens is 428 g/mol. The largest absolute Gasteiger partial charge is 0.480 e. The molecule has 3 heterocycles. The van der Waals surface area contributed by atoms with Crippen LogP contribution >= 0.6 is 11.3 Å². The Labute approximate surface area is 189 Å². The molecule has 4 rings (SSSR count). The zero-order chi connectivity index (χ0) is 22.5. The number of nitrogens with one attached hydrogen (secondary N) is 1. The van der Waals surface area contributed by atoms with E-state index in [2.05, 4.69) is 20.3 Å². The van der Waals surface area contributed by atoms with E-state index in [0.717, 1.165) is 16.5 Å². The van der Waals surface area contributed by atoms with Gasteiger partial charge in [0, 0.05) is 13.2 Å². The van der Waals surface area contributed by atoms with Crippen molar-refractivity contribution in [2.75, 3.05) is 19.5 Å². The van der Waals surface area contributed by atoms with Gasteiger partial charge in [-0.05, 0) is 24.1 Å². The van der Waals surface area contributed by atoms with Crippen LogP contribution in [-0.4, -0.2) is 35.1 Å². The van der Waals surface area contributed by atoms with Gasteiger partial charge in [0.25, 0.3) is 5.91 Å². The van der Waals surface area contributed by atoms with Crippen LogP contribution in [0.1, 0.15) is 26.6 Å². The number of nitrogens with zero attached hydrogens (tertiary/aromatic N) is 3. The number of amides is 1. The lowest BCUT2D eigenvalue weighted by Gasteiger charge is -2.07. The van der Waals surface area contributed by atoms with Crippen LogP contribution in [0.15, 0.2) is 48.7 Å². The normalized spacial score (nSPS) is 10.8. The fourth-order valence-electron chi connectivity index (χ4n) is 3.16. The van der Waals surface area contributed by atoms with Gasteiger partial charge in [-0.3, -0.25) is 4.79 Å². The number of hydrogen-bond acceptors (Lipinski definition) is 8. The average molecular weight is 451 g/mol. The van der Waals surface area contributed by atoms with E-state index in [4.69, 9.17) is 14.2 Å². The van der Waals surface area contributed by atoms with Crippen molar-refractivity contribution in [1.29, 1.82) is 0 Å². The van der Waals surface area contributed by atoms with Crippen molar-refractivity contribution in [2.45, 2.75) is 20.1 Å². The number of anilines is 1. The molecule has 0 atom stereocenters. The van der Waals surface area contributed by atoms with Crippen molar-refractivity contribution >= 4 is 33.1 Å². The molecule has 0 aliphatic rings. The van der Waals surface area contributed by atoms with E-state index in [0.29, 0.717) is 39.6 Å². The third kappa shape index (κ3) is 4.68. The second-order valence-electron chi connectivity index (χ2n) is 6.93. The van der Waals surface area contributed by atoms with Gasteiger partial charge in [0.1, 0.15) is 18.0 Å². The number of carbonyl (C=O) groups excluding carboxylic acids is 1. The molecule has 0 unspecified atom stereocenters. The predicted octanol–water partition coefficient (Wildman–Crippen LogP) is 4.38. The molecular formula is C23H22N4O4S. The molecule has 1 N–H and O–H groups in total. The van der Waals surface area contributed by atoms with Gasteiger partial charge in [0.05, 0.1) is 29.3 Å². The van der Waals surface area contributed by atoms with Crippen molar-refractivity contribution in [2.24, 2.45) is 0 Å². The van der Waals surface area contributed by atoms with Gasteiger partial charge in [-0.25, -0.2) is 9.97 Å². The highest BCUT2D eigenvalue weighted by molar-refractivity contribution is 7.20. The van der Waals surface area contributed by atoms with E-state index in [9.17, 15) is 4.79 Å². The summed E-state index contributed by atoms with van der Waals surface area (Å²) in [7, 11) is 3.12. The number of ether oxygens (including phenoxy) is 3. The first-order chi connectivity index (χ1) is 15.6. The zero-order valence-corrected chi connectivity index (χ0v) is 18.7. The summed E-state index contributed by atoms with van der Waals surface area (Å²) >= 11 is 1.29. The maximum absolute atomic E-state index is 12.9. The van der Waals surface area contributed by atoms with E-state index in [1.54, 1.807) is 32.5 Å². The first kappa shape index (κ1) is 21.7. The van der Waals surface area contributed by atoms with Crippen LogP contribution in [0.4, 0.5) is 5.69 Å². The topological polar surface area (TPSA) is 95.5 Å². The van der Waals surface area contributed by atoms with Gasteiger partial charge in [0.15, 0.2) is 5.82 Å². The number of methoxy groups -OCH3 is 2. The summed E-state index contributed by atoms with van der Waals surface area (Å²) in [6.45, 7) is 2.54. The van der Waals surface area contributed by atoms with Crippen molar-refractivity contribution in [1.82, 2.24) is 15.0 Å². The summed E-state index contributed by atoms with van der Waals surface area (Å²) in [4.78, 5) is 27.3. The lowest BCUT2D eigenvalue weighted by molar-refractivity contribution is 0.103. The predicted molar refractivity (Wildman–Crippen MR) is 122 cm³/mol. The SMILES string of the molecule is COCc1nc(OC)c2c(C)c(C(=O)Nc3ccc(OCc4ccccc4)nc3)sc2n1. The number of benzene rings is 1. The highest BCUT2D eigenvalue weighted by atomic mass is 32.1. The Bertz CT molecular complexity index is 1230. The van der Waals surface area contributed by atoms with E-state index in [1.165, 1.54) is 11.3 Å². The molecule has 0 saturated carbocycles. The standard InChI is InChI=1S/C23H22N4O4S/c1-14-19-22(30-3)26-17(13-29-2)27-23(19)32-20(14)21(28)25-16-9-10-18(24-11-16)31-12-15-7-5-4-6-8-15/h4-11H,12-13H2,1-3H3,(H,25,28). The van der Waals surface area contributed by atoms with Crippen molar-refractivity contribution < 1.29 is 19.0 Å². The average Bonchev–Trinajstić information content (AvgIpc) is 3.15. The fraction of sp³-hybridized carbons (Fsp3) is 0.217. The number of pyridine rings is 1. The number of aryl methyl sites for hydroxylation is 1. The molecule has 0 bridgehead atoms. The molecule has 1 amide bonds. The van der Waals surface area contributed by atoms with Crippen LogP contribution in [0.2, 0.25) is 0 Å². The van der Waals surface area contributed by atoms with Crippen LogP contribution in [-0.2, 0) is 18.0 Å². The van der Waals surface area contributed by atoms with Crippen molar-refractivity contribution in [3.05, 3.63) is 70.5 Å². The summed E-state index contributed by atoms with van der Waals surface area (Å²) in [6.07, 6.45) is 1.57. The molecule has 9 heteroatoms. The maximum Gasteiger partial charge on any atom is 0.266 e. The minimum atomic E-state index is -0.249. The first-order valence-corrected chi connectivity index (χ1v) is 10.7. The third-order valence-corrected chi connectivity index (χ3v) is 5.88. The van der Waals surface area contributed by atoms with Gasteiger partial charge in [-0.15, -0.1) is 11.3 Å². The van der Waals surface area contributed by atoms with Crippen molar-refractivity contribution in [3.8, 4) is 11.8 Å². The Morgan fingerprint density at radius 1 is 1.06 bits per heavy atom. The zero-order valence-electron chi connectivity index (χ0n) is 17.9. The molecule has 0 spiro atoms. The Hall–Kier alpha value is -3.56. The first-order valence-electron chi connectivity index (χ1n) is 9.86. The van der Waals surface area contributed by atoms with E-state index in [-0.39, 0.29) is 12.5 Å². The van der Waals surface area contributed by atoms with Crippen LogP contribution in [0, 0.1) is 6.92 Å². The number of fused-ring (bicyclic) bond motifs is 1. The van der Waals surface area contributed by atoms with Gasteiger partial charge in [-0.1, -0.05) is 30.3 Å². The molecule has 0 saturated heterocycles. The molecule has 0 fully saturated rings. The Kier molecular flexibility index (Phi) is 6.58.